The zero-order valence-electron chi connectivity index (χ0n) is 21.5. The summed E-state index contributed by atoms with van der Waals surface area (Å²) >= 11 is 6.36. The van der Waals surface area contributed by atoms with E-state index >= 15 is 0 Å². The van der Waals surface area contributed by atoms with E-state index in [0.717, 1.165) is 50.1 Å². The third-order valence-corrected chi connectivity index (χ3v) is 9.79. The van der Waals surface area contributed by atoms with Gasteiger partial charge < -0.3 is 4.90 Å². The summed E-state index contributed by atoms with van der Waals surface area (Å²) in [4.78, 5) is 18.5. The van der Waals surface area contributed by atoms with E-state index in [9.17, 15) is 18.0 Å². The Morgan fingerprint density at radius 2 is 1.81 bits per heavy atom. The van der Waals surface area contributed by atoms with E-state index in [4.69, 9.17) is 11.6 Å². The van der Waals surface area contributed by atoms with Crippen molar-refractivity contribution in [3.05, 3.63) is 0 Å². The number of fused-ring (bicyclic) bond motifs is 3. The van der Waals surface area contributed by atoms with Gasteiger partial charge >= 0.3 is 6.18 Å². The number of hydrogen-bond acceptors (Lipinski definition) is 7. The molecule has 4 heterocycles. The largest absolute Gasteiger partial charge is 0.409 e. The highest BCUT2D eigenvalue weighted by Gasteiger charge is 2.52. The van der Waals surface area contributed by atoms with Crippen molar-refractivity contribution in [1.29, 1.82) is 0 Å². The van der Waals surface area contributed by atoms with Gasteiger partial charge in [0.15, 0.2) is 0 Å². The zero-order valence-corrected chi connectivity index (χ0v) is 22.2. The quantitative estimate of drug-likeness (QED) is 0.374. The van der Waals surface area contributed by atoms with Gasteiger partial charge in [0.05, 0.1) is 17.8 Å². The van der Waals surface area contributed by atoms with Gasteiger partial charge in [-0.3, -0.25) is 25.2 Å². The van der Waals surface area contributed by atoms with Crippen LogP contribution in [-0.4, -0.2) is 114 Å². The number of hydrogen-bond donors (Lipinski definition) is 3. The molecule has 6 unspecified atom stereocenters. The standard InChI is InChI=1S/C24H41ClF3N7O/c1-14-29-13-19(32(14)2)23(36)33(3)22(24(26,27)28)15-6-8-16(9-7-15)34-10-4-5-17-18(34)12-30-21-11-20(25)31-35(17)21/h14-22,29-31H,4-13H2,1-3H3/t14?,15?,16?,17?,18?,19?,20?,21?,22-/m0/s1. The van der Waals surface area contributed by atoms with E-state index in [1.54, 1.807) is 7.05 Å². The average Bonchev–Trinajstić information content (AvgIpc) is 3.39. The van der Waals surface area contributed by atoms with Crippen molar-refractivity contribution in [3.63, 3.8) is 0 Å². The molecule has 0 radical (unpaired) electrons. The molecule has 5 aliphatic rings. The van der Waals surface area contributed by atoms with Crippen molar-refractivity contribution in [3.8, 4) is 0 Å². The lowest BCUT2D eigenvalue weighted by Gasteiger charge is -2.53. The van der Waals surface area contributed by atoms with Crippen LogP contribution in [-0.2, 0) is 4.79 Å². The number of nitrogens with one attached hydrogen (secondary N) is 3. The SMILES string of the molecule is CC1NCC(C(=O)N(C)[C@@H](C2CCC(N3CCCC4C3CNC3CC(Cl)NN34)CC2)C(F)(F)F)N1C. The average molecular weight is 536 g/mol. The molecule has 206 valence electrons. The number of likely N-dealkylation sites (N-methyl/N-ethyl adjacent to an activating group) is 2. The number of carbonyl (C=O) groups excluding carboxylic acids is 1. The Bertz CT molecular complexity index is 798. The Morgan fingerprint density at radius 3 is 2.44 bits per heavy atom. The van der Waals surface area contributed by atoms with Crippen LogP contribution in [0.25, 0.3) is 0 Å². The molecule has 5 fully saturated rings. The number of piperidine rings is 1. The van der Waals surface area contributed by atoms with E-state index in [1.807, 2.05) is 11.8 Å². The summed E-state index contributed by atoms with van der Waals surface area (Å²) in [5.41, 5.74) is 3.35. The molecule has 5 rings (SSSR count). The van der Waals surface area contributed by atoms with Gasteiger partial charge in [-0.25, -0.2) is 10.4 Å². The first-order valence-corrected chi connectivity index (χ1v) is 14.0. The van der Waals surface area contributed by atoms with Gasteiger partial charge in [0.25, 0.3) is 0 Å². The second-order valence-electron chi connectivity index (χ2n) is 11.4. The minimum absolute atomic E-state index is 0.0314. The monoisotopic (exact) mass is 535 g/mol. The van der Waals surface area contributed by atoms with Gasteiger partial charge in [-0.05, 0) is 65.0 Å². The Hall–Kier alpha value is -0.690. The van der Waals surface area contributed by atoms with Gasteiger partial charge in [0.1, 0.15) is 12.1 Å². The number of hydrazine groups is 1. The minimum Gasteiger partial charge on any atom is -0.332 e. The number of nitrogens with zero attached hydrogens (tertiary/aromatic N) is 4. The van der Waals surface area contributed by atoms with Crippen molar-refractivity contribution in [2.75, 3.05) is 33.7 Å². The maximum Gasteiger partial charge on any atom is 0.409 e. The molecule has 4 aliphatic heterocycles. The number of rotatable bonds is 4. The predicted octanol–water partition coefficient (Wildman–Crippen LogP) is 1.72. The molecule has 0 spiro atoms. The number of alkyl halides is 4. The Kier molecular flexibility index (Phi) is 7.82. The normalized spacial score (nSPS) is 41.6. The van der Waals surface area contributed by atoms with Gasteiger partial charge in [-0.15, -0.1) is 11.6 Å². The number of halogens is 4. The zero-order chi connectivity index (χ0) is 25.8. The van der Waals surface area contributed by atoms with Gasteiger partial charge in [-0.2, -0.15) is 13.2 Å². The first-order valence-electron chi connectivity index (χ1n) is 13.5. The van der Waals surface area contributed by atoms with Gasteiger partial charge in [0.2, 0.25) is 5.91 Å². The predicted molar refractivity (Wildman–Crippen MR) is 132 cm³/mol. The van der Waals surface area contributed by atoms with E-state index in [2.05, 4.69) is 26.0 Å². The van der Waals surface area contributed by atoms with Crippen molar-refractivity contribution in [1.82, 2.24) is 35.8 Å². The van der Waals surface area contributed by atoms with Crippen LogP contribution < -0.4 is 16.1 Å². The molecular formula is C24H41ClF3N7O. The number of amides is 1. The first-order chi connectivity index (χ1) is 17.1. The van der Waals surface area contributed by atoms with Crippen LogP contribution in [0.15, 0.2) is 0 Å². The third kappa shape index (κ3) is 5.01. The summed E-state index contributed by atoms with van der Waals surface area (Å²) in [7, 11) is 3.13. The molecule has 1 amide bonds. The molecule has 7 atom stereocenters. The van der Waals surface area contributed by atoms with Crippen LogP contribution in [0, 0.1) is 5.92 Å². The molecule has 0 aromatic carbocycles. The summed E-state index contributed by atoms with van der Waals surface area (Å²) < 4.78 is 43.0. The summed E-state index contributed by atoms with van der Waals surface area (Å²) in [6.45, 7) is 4.17. The topological polar surface area (TPSA) is 66.1 Å². The van der Waals surface area contributed by atoms with Crippen molar-refractivity contribution in [2.24, 2.45) is 5.92 Å². The van der Waals surface area contributed by atoms with Crippen LogP contribution >= 0.6 is 11.6 Å². The maximum atomic E-state index is 14.3. The molecule has 0 aromatic rings. The van der Waals surface area contributed by atoms with Crippen LogP contribution in [0.1, 0.15) is 51.9 Å². The third-order valence-electron chi connectivity index (χ3n) is 9.51. The van der Waals surface area contributed by atoms with E-state index in [0.29, 0.717) is 31.5 Å². The summed E-state index contributed by atoms with van der Waals surface area (Å²) in [5.74, 6) is -1.02. The molecule has 36 heavy (non-hydrogen) atoms. The lowest BCUT2D eigenvalue weighted by Crippen LogP contribution is -2.70. The second-order valence-corrected chi connectivity index (χ2v) is 12.0. The Morgan fingerprint density at radius 1 is 1.08 bits per heavy atom. The van der Waals surface area contributed by atoms with E-state index in [1.165, 1.54) is 7.05 Å². The fourth-order valence-electron chi connectivity index (χ4n) is 7.50. The van der Waals surface area contributed by atoms with Crippen LogP contribution in [0.4, 0.5) is 13.2 Å². The number of carbonyl (C=O) groups is 1. The maximum absolute atomic E-state index is 14.3. The first kappa shape index (κ1) is 26.9. The molecule has 8 nitrogen and oxygen atoms in total. The molecule has 1 aliphatic carbocycles. The number of likely N-dealkylation sites (tertiary alicyclic amines) is 1. The van der Waals surface area contributed by atoms with Crippen LogP contribution in [0.3, 0.4) is 0 Å². The van der Waals surface area contributed by atoms with Gasteiger partial charge in [-0.1, -0.05) is 0 Å². The molecule has 12 heteroatoms. The molecule has 0 aromatic heterocycles. The molecule has 4 saturated heterocycles. The highest BCUT2D eigenvalue weighted by atomic mass is 35.5. The highest BCUT2D eigenvalue weighted by Crippen LogP contribution is 2.41. The minimum atomic E-state index is -4.45. The van der Waals surface area contributed by atoms with Crippen LogP contribution in [0.2, 0.25) is 0 Å². The molecule has 1 saturated carbocycles. The molecule has 3 N–H and O–H groups in total. The Labute approximate surface area is 217 Å². The fraction of sp³-hybridized carbons (Fsp3) is 0.958. The second kappa shape index (κ2) is 10.5. The summed E-state index contributed by atoms with van der Waals surface area (Å²) in [6.07, 6.45) is 1.27. The smallest absolute Gasteiger partial charge is 0.332 e. The Balaban J connectivity index is 1.23. The van der Waals surface area contributed by atoms with E-state index < -0.39 is 30.1 Å². The highest BCUT2D eigenvalue weighted by molar-refractivity contribution is 6.20. The van der Waals surface area contributed by atoms with Crippen molar-refractivity contribution < 1.29 is 18.0 Å². The summed E-state index contributed by atoms with van der Waals surface area (Å²) in [5, 5.41) is 9.08. The lowest BCUT2D eigenvalue weighted by molar-refractivity contribution is -0.203. The summed E-state index contributed by atoms with van der Waals surface area (Å²) in [6, 6.07) is -1.32. The molecule has 0 bridgehead atoms. The van der Waals surface area contributed by atoms with Crippen LogP contribution in [0.5, 0.6) is 0 Å². The fourth-order valence-corrected chi connectivity index (χ4v) is 7.78. The van der Waals surface area contributed by atoms with Crippen molar-refractivity contribution >= 4 is 17.5 Å². The van der Waals surface area contributed by atoms with E-state index in [-0.39, 0.29) is 23.9 Å². The van der Waals surface area contributed by atoms with Gasteiger partial charge in [0, 0.05) is 44.7 Å². The lowest BCUT2D eigenvalue weighted by atomic mass is 9.78. The van der Waals surface area contributed by atoms with Crippen molar-refractivity contribution in [2.45, 2.75) is 106 Å². The molecular weight excluding hydrogens is 495 g/mol.